The highest BCUT2D eigenvalue weighted by molar-refractivity contribution is 5.93. The lowest BCUT2D eigenvalue weighted by molar-refractivity contribution is -0.862. The number of quaternary nitrogens is 1. The minimum Gasteiger partial charge on any atom is -0.497 e. The van der Waals surface area contributed by atoms with E-state index in [4.69, 9.17) is 9.47 Å². The predicted octanol–water partition coefficient (Wildman–Crippen LogP) is 0.0254. The van der Waals surface area contributed by atoms with Crippen molar-refractivity contribution in [2.24, 2.45) is 0 Å². The number of methoxy groups -OCH3 is 2. The van der Waals surface area contributed by atoms with E-state index in [9.17, 15) is 9.59 Å². The van der Waals surface area contributed by atoms with Crippen LogP contribution in [-0.2, 0) is 9.59 Å². The molecule has 1 aromatic rings. The van der Waals surface area contributed by atoms with Gasteiger partial charge in [-0.2, -0.15) is 0 Å². The van der Waals surface area contributed by atoms with E-state index in [1.54, 1.807) is 30.2 Å². The maximum atomic E-state index is 12.2. The van der Waals surface area contributed by atoms with Gasteiger partial charge in [-0.05, 0) is 26.0 Å². The predicted molar refractivity (Wildman–Crippen MR) is 92.7 cm³/mol. The van der Waals surface area contributed by atoms with Gasteiger partial charge in [0.1, 0.15) is 11.5 Å². The molecular formula is C17H28N3O4+. The molecule has 1 aromatic carbocycles. The first kappa shape index (κ1) is 19.8. The molecule has 0 saturated heterocycles. The van der Waals surface area contributed by atoms with Crippen molar-refractivity contribution >= 4 is 17.5 Å². The zero-order valence-corrected chi connectivity index (χ0v) is 15.1. The van der Waals surface area contributed by atoms with Gasteiger partial charge in [0.15, 0.2) is 13.1 Å². The van der Waals surface area contributed by atoms with Gasteiger partial charge in [0, 0.05) is 19.2 Å². The Hall–Kier alpha value is -2.28. The summed E-state index contributed by atoms with van der Waals surface area (Å²) >= 11 is 0. The summed E-state index contributed by atoms with van der Waals surface area (Å²) in [6.07, 6.45) is 0. The molecule has 0 heterocycles. The summed E-state index contributed by atoms with van der Waals surface area (Å²) in [6.45, 7) is 5.73. The molecule has 0 radical (unpaired) electrons. The molecule has 2 amide bonds. The van der Waals surface area contributed by atoms with E-state index in [-0.39, 0.29) is 24.9 Å². The van der Waals surface area contributed by atoms with Crippen LogP contribution >= 0.6 is 0 Å². The molecule has 0 spiro atoms. The van der Waals surface area contributed by atoms with E-state index in [0.29, 0.717) is 30.3 Å². The van der Waals surface area contributed by atoms with Crippen LogP contribution in [0.15, 0.2) is 18.2 Å². The van der Waals surface area contributed by atoms with Crippen LogP contribution in [0.1, 0.15) is 13.8 Å². The number of anilines is 1. The zero-order chi connectivity index (χ0) is 18.1. The minimum absolute atomic E-state index is 0.0485. The van der Waals surface area contributed by atoms with Crippen molar-refractivity contribution in [1.82, 2.24) is 4.90 Å². The number of rotatable bonds is 9. The number of benzene rings is 1. The molecule has 1 unspecified atom stereocenters. The number of nitrogens with one attached hydrogen (secondary N) is 2. The van der Waals surface area contributed by atoms with Crippen LogP contribution in [0.2, 0.25) is 0 Å². The topological polar surface area (TPSA) is 72.3 Å². The zero-order valence-electron chi connectivity index (χ0n) is 15.1. The Balaban J connectivity index is 2.61. The van der Waals surface area contributed by atoms with E-state index in [1.165, 1.54) is 7.11 Å². The quantitative estimate of drug-likeness (QED) is 0.666. The Bertz CT molecular complexity index is 559. The second-order valence-corrected chi connectivity index (χ2v) is 5.49. The van der Waals surface area contributed by atoms with Crippen LogP contribution in [0.3, 0.4) is 0 Å². The van der Waals surface area contributed by atoms with E-state index in [1.807, 2.05) is 20.9 Å². The molecule has 7 nitrogen and oxygen atoms in total. The standard InChI is InChI=1S/C17H27N3O4/c1-6-20(7-2)17(22)12-19(3)11-16(21)18-14-9-8-13(23-4)10-15(14)24-5/h8-10H,6-7,11-12H2,1-5H3,(H,18,21)/p+1. The molecule has 0 aromatic heterocycles. The molecule has 24 heavy (non-hydrogen) atoms. The molecule has 134 valence electrons. The summed E-state index contributed by atoms with van der Waals surface area (Å²) in [5.41, 5.74) is 0.575. The summed E-state index contributed by atoms with van der Waals surface area (Å²) in [6, 6.07) is 5.18. The number of ether oxygens (including phenoxy) is 2. The second kappa shape index (κ2) is 9.77. The van der Waals surface area contributed by atoms with Gasteiger partial charge in [-0.15, -0.1) is 0 Å². The smallest absolute Gasteiger partial charge is 0.279 e. The Morgan fingerprint density at radius 1 is 1.12 bits per heavy atom. The van der Waals surface area contributed by atoms with Crippen molar-refractivity contribution < 1.29 is 24.0 Å². The monoisotopic (exact) mass is 338 g/mol. The second-order valence-electron chi connectivity index (χ2n) is 5.49. The lowest BCUT2D eigenvalue weighted by atomic mass is 10.2. The lowest BCUT2D eigenvalue weighted by Crippen LogP contribution is -3.11. The molecule has 0 aliphatic heterocycles. The van der Waals surface area contributed by atoms with Crippen molar-refractivity contribution in [2.45, 2.75) is 13.8 Å². The minimum atomic E-state index is -0.177. The SMILES string of the molecule is CCN(CC)C(=O)C[NH+](C)CC(=O)Nc1ccc(OC)cc1OC. The molecule has 0 saturated carbocycles. The number of hydrogen-bond acceptors (Lipinski definition) is 4. The third-order valence-corrected chi connectivity index (χ3v) is 3.71. The van der Waals surface area contributed by atoms with Crippen LogP contribution in [0.25, 0.3) is 0 Å². The molecule has 0 bridgehead atoms. The fourth-order valence-corrected chi connectivity index (χ4v) is 2.38. The van der Waals surface area contributed by atoms with Gasteiger partial charge in [-0.3, -0.25) is 9.59 Å². The van der Waals surface area contributed by atoms with Crippen LogP contribution in [0, 0.1) is 0 Å². The van der Waals surface area contributed by atoms with Crippen LogP contribution in [0.5, 0.6) is 11.5 Å². The van der Waals surface area contributed by atoms with E-state index in [2.05, 4.69) is 5.32 Å². The van der Waals surface area contributed by atoms with Gasteiger partial charge in [0.2, 0.25) is 0 Å². The van der Waals surface area contributed by atoms with Crippen LogP contribution in [0.4, 0.5) is 5.69 Å². The number of carbonyl (C=O) groups is 2. The van der Waals surface area contributed by atoms with Gasteiger partial charge in [-0.25, -0.2) is 0 Å². The third-order valence-electron chi connectivity index (χ3n) is 3.71. The molecule has 7 heteroatoms. The third kappa shape index (κ3) is 5.73. The van der Waals surface area contributed by atoms with Crippen molar-refractivity contribution in [1.29, 1.82) is 0 Å². The maximum Gasteiger partial charge on any atom is 0.279 e. The number of amides is 2. The highest BCUT2D eigenvalue weighted by Crippen LogP contribution is 2.28. The molecule has 0 aliphatic rings. The normalized spacial score (nSPS) is 11.5. The summed E-state index contributed by atoms with van der Waals surface area (Å²) in [5.74, 6) is 1.05. The first-order chi connectivity index (χ1) is 11.4. The molecule has 0 fully saturated rings. The Morgan fingerprint density at radius 2 is 1.79 bits per heavy atom. The van der Waals surface area contributed by atoms with E-state index in [0.717, 1.165) is 4.90 Å². The Labute approximate surface area is 143 Å². The van der Waals surface area contributed by atoms with Gasteiger partial charge in [0.25, 0.3) is 11.8 Å². The highest BCUT2D eigenvalue weighted by Gasteiger charge is 2.18. The highest BCUT2D eigenvalue weighted by atomic mass is 16.5. The summed E-state index contributed by atoms with van der Waals surface area (Å²) < 4.78 is 10.4. The number of likely N-dealkylation sites (N-methyl/N-ethyl adjacent to an activating group) is 2. The van der Waals surface area contributed by atoms with Crippen molar-refractivity contribution in [3.8, 4) is 11.5 Å². The summed E-state index contributed by atoms with van der Waals surface area (Å²) in [5, 5.41) is 2.81. The van der Waals surface area contributed by atoms with E-state index >= 15 is 0 Å². The first-order valence-electron chi connectivity index (χ1n) is 8.06. The maximum absolute atomic E-state index is 12.2. The van der Waals surface area contributed by atoms with Gasteiger partial charge in [0.05, 0.1) is 27.0 Å². The van der Waals surface area contributed by atoms with Gasteiger partial charge in [-0.1, -0.05) is 0 Å². The van der Waals surface area contributed by atoms with Crippen LogP contribution in [-0.4, -0.2) is 64.2 Å². The Morgan fingerprint density at radius 3 is 2.33 bits per heavy atom. The number of hydrogen-bond donors (Lipinski definition) is 2. The Kier molecular flexibility index (Phi) is 8.05. The van der Waals surface area contributed by atoms with Crippen molar-refractivity contribution in [2.75, 3.05) is 52.8 Å². The average molecular weight is 338 g/mol. The lowest BCUT2D eigenvalue weighted by Gasteiger charge is -2.21. The molecule has 2 N–H and O–H groups in total. The summed E-state index contributed by atoms with van der Waals surface area (Å²) in [7, 11) is 4.93. The summed E-state index contributed by atoms with van der Waals surface area (Å²) in [4.78, 5) is 26.8. The molecule has 0 aliphatic carbocycles. The van der Waals surface area contributed by atoms with Crippen molar-refractivity contribution in [3.63, 3.8) is 0 Å². The van der Waals surface area contributed by atoms with Gasteiger partial charge >= 0.3 is 0 Å². The van der Waals surface area contributed by atoms with Crippen LogP contribution < -0.4 is 19.7 Å². The van der Waals surface area contributed by atoms with Crippen molar-refractivity contribution in [3.05, 3.63) is 18.2 Å². The largest absolute Gasteiger partial charge is 0.497 e. The number of nitrogens with zero attached hydrogens (tertiary/aromatic N) is 1. The first-order valence-corrected chi connectivity index (χ1v) is 8.06. The fraction of sp³-hybridized carbons (Fsp3) is 0.529. The number of carbonyl (C=O) groups excluding carboxylic acids is 2. The molecule has 1 rings (SSSR count). The van der Waals surface area contributed by atoms with Gasteiger partial charge < -0.3 is 24.6 Å². The average Bonchev–Trinajstić information content (AvgIpc) is 2.55. The molecule has 1 atom stereocenters. The van der Waals surface area contributed by atoms with E-state index < -0.39 is 0 Å². The fourth-order valence-electron chi connectivity index (χ4n) is 2.38. The molecular weight excluding hydrogens is 310 g/mol.